The van der Waals surface area contributed by atoms with Crippen molar-refractivity contribution in [2.75, 3.05) is 31.6 Å². The Morgan fingerprint density at radius 1 is 1.19 bits per heavy atom. The molecule has 0 bridgehead atoms. The molecular formula is C22H26N2O2. The van der Waals surface area contributed by atoms with Crippen molar-refractivity contribution in [2.24, 2.45) is 0 Å². The Morgan fingerprint density at radius 3 is 2.69 bits per heavy atom. The SMILES string of the molecule is CCOc1ccc(C(=O)N2c3ccc(C)cc3[C@H]3CN(C)CC[C@H]32)cc1. The van der Waals surface area contributed by atoms with Crippen molar-refractivity contribution in [1.82, 2.24) is 4.90 Å². The molecule has 4 rings (SSSR count). The van der Waals surface area contributed by atoms with E-state index in [0.29, 0.717) is 12.5 Å². The molecule has 0 radical (unpaired) electrons. The van der Waals surface area contributed by atoms with Gasteiger partial charge in [-0.2, -0.15) is 0 Å². The van der Waals surface area contributed by atoms with Crippen molar-refractivity contribution in [2.45, 2.75) is 32.2 Å². The highest BCUT2D eigenvalue weighted by Crippen LogP contribution is 2.45. The molecule has 0 N–H and O–H groups in total. The molecule has 0 aliphatic carbocycles. The Bertz CT molecular complexity index is 815. The van der Waals surface area contributed by atoms with Crippen molar-refractivity contribution in [3.05, 3.63) is 59.2 Å². The maximum Gasteiger partial charge on any atom is 0.258 e. The van der Waals surface area contributed by atoms with E-state index in [4.69, 9.17) is 4.74 Å². The standard InChI is InChI=1S/C22H26N2O2/c1-4-26-17-8-6-16(7-9-17)22(25)24-20-10-5-15(2)13-18(20)19-14-23(3)12-11-21(19)24/h5-10,13,19,21H,4,11-12,14H2,1-3H3/t19-,21-/m1/s1. The highest BCUT2D eigenvalue weighted by Gasteiger charge is 2.44. The predicted octanol–water partition coefficient (Wildman–Crippen LogP) is 3.84. The summed E-state index contributed by atoms with van der Waals surface area (Å²) in [6.07, 6.45) is 1.01. The topological polar surface area (TPSA) is 32.8 Å². The summed E-state index contributed by atoms with van der Waals surface area (Å²) in [5.41, 5.74) is 4.38. The lowest BCUT2D eigenvalue weighted by Crippen LogP contribution is -2.47. The van der Waals surface area contributed by atoms with Gasteiger partial charge in [0, 0.05) is 29.8 Å². The second-order valence-corrected chi connectivity index (χ2v) is 7.42. The Labute approximate surface area is 155 Å². The molecule has 1 fully saturated rings. The number of hydrogen-bond donors (Lipinski definition) is 0. The number of rotatable bonds is 3. The first-order valence-corrected chi connectivity index (χ1v) is 9.44. The quantitative estimate of drug-likeness (QED) is 0.843. The van der Waals surface area contributed by atoms with Crippen molar-refractivity contribution in [3.8, 4) is 5.75 Å². The number of anilines is 1. The minimum Gasteiger partial charge on any atom is -0.494 e. The summed E-state index contributed by atoms with van der Waals surface area (Å²) in [6.45, 7) is 6.75. The average Bonchev–Trinajstić information content (AvgIpc) is 2.95. The van der Waals surface area contributed by atoms with Crippen LogP contribution in [-0.2, 0) is 0 Å². The summed E-state index contributed by atoms with van der Waals surface area (Å²) >= 11 is 0. The van der Waals surface area contributed by atoms with Gasteiger partial charge in [-0.05, 0) is 69.8 Å². The lowest BCUT2D eigenvalue weighted by molar-refractivity contribution is 0.0964. The number of likely N-dealkylation sites (tertiary alicyclic amines) is 1. The highest BCUT2D eigenvalue weighted by molar-refractivity contribution is 6.08. The molecule has 0 aromatic heterocycles. The zero-order chi connectivity index (χ0) is 18.3. The third-order valence-electron chi connectivity index (χ3n) is 5.58. The summed E-state index contributed by atoms with van der Waals surface area (Å²) in [7, 11) is 2.17. The number of piperidine rings is 1. The number of likely N-dealkylation sites (N-methyl/N-ethyl adjacent to an activating group) is 1. The van der Waals surface area contributed by atoms with Crippen molar-refractivity contribution in [3.63, 3.8) is 0 Å². The predicted molar refractivity (Wildman–Crippen MR) is 104 cm³/mol. The summed E-state index contributed by atoms with van der Waals surface area (Å²) < 4.78 is 5.50. The molecule has 0 unspecified atom stereocenters. The zero-order valence-corrected chi connectivity index (χ0v) is 15.7. The summed E-state index contributed by atoms with van der Waals surface area (Å²) in [5, 5.41) is 0. The van der Waals surface area contributed by atoms with Crippen molar-refractivity contribution in [1.29, 1.82) is 0 Å². The van der Waals surface area contributed by atoms with Gasteiger partial charge in [0.2, 0.25) is 0 Å². The first-order chi connectivity index (χ1) is 12.6. The van der Waals surface area contributed by atoms with Crippen molar-refractivity contribution >= 4 is 11.6 Å². The van der Waals surface area contributed by atoms with Gasteiger partial charge in [-0.15, -0.1) is 0 Å². The van der Waals surface area contributed by atoms with Crippen LogP contribution in [0.1, 0.15) is 40.7 Å². The molecule has 2 aromatic rings. The third-order valence-corrected chi connectivity index (χ3v) is 5.58. The number of amides is 1. The van der Waals surface area contributed by atoms with E-state index in [-0.39, 0.29) is 11.9 Å². The third kappa shape index (κ3) is 2.88. The minimum absolute atomic E-state index is 0.0928. The molecule has 26 heavy (non-hydrogen) atoms. The molecule has 136 valence electrons. The molecule has 0 saturated carbocycles. The number of hydrogen-bond acceptors (Lipinski definition) is 3. The fraction of sp³-hybridized carbons (Fsp3) is 0.409. The van der Waals surface area contributed by atoms with Gasteiger partial charge in [-0.1, -0.05) is 17.7 Å². The minimum atomic E-state index is 0.0928. The van der Waals surface area contributed by atoms with Crippen LogP contribution in [0.5, 0.6) is 5.75 Å². The van der Waals surface area contributed by atoms with E-state index in [2.05, 4.69) is 37.1 Å². The number of benzene rings is 2. The maximum atomic E-state index is 13.4. The van der Waals surface area contributed by atoms with E-state index in [1.54, 1.807) is 0 Å². The van der Waals surface area contributed by atoms with E-state index in [9.17, 15) is 4.79 Å². The Morgan fingerprint density at radius 2 is 1.96 bits per heavy atom. The molecule has 2 heterocycles. The summed E-state index contributed by atoms with van der Waals surface area (Å²) in [5.74, 6) is 1.30. The molecule has 2 aliphatic heterocycles. The van der Waals surface area contributed by atoms with Gasteiger partial charge >= 0.3 is 0 Å². The van der Waals surface area contributed by atoms with Crippen LogP contribution in [0.4, 0.5) is 5.69 Å². The monoisotopic (exact) mass is 350 g/mol. The number of carbonyl (C=O) groups excluding carboxylic acids is 1. The first kappa shape index (κ1) is 17.1. The zero-order valence-electron chi connectivity index (χ0n) is 15.7. The molecule has 1 saturated heterocycles. The van der Waals surface area contributed by atoms with Gasteiger partial charge in [-0.25, -0.2) is 0 Å². The first-order valence-electron chi connectivity index (χ1n) is 9.44. The second-order valence-electron chi connectivity index (χ2n) is 7.42. The van der Waals surface area contributed by atoms with Crippen LogP contribution < -0.4 is 9.64 Å². The van der Waals surface area contributed by atoms with Gasteiger partial charge in [0.15, 0.2) is 0 Å². The van der Waals surface area contributed by atoms with Crippen LogP contribution in [0.2, 0.25) is 0 Å². The molecule has 2 aliphatic rings. The van der Waals surface area contributed by atoms with E-state index >= 15 is 0 Å². The number of fused-ring (bicyclic) bond motifs is 3. The van der Waals surface area contributed by atoms with Crippen LogP contribution in [0.15, 0.2) is 42.5 Å². The maximum absolute atomic E-state index is 13.4. The number of nitrogens with zero attached hydrogens (tertiary/aromatic N) is 2. The number of aryl methyl sites for hydroxylation is 1. The fourth-order valence-electron chi connectivity index (χ4n) is 4.35. The molecular weight excluding hydrogens is 324 g/mol. The highest BCUT2D eigenvalue weighted by atomic mass is 16.5. The van der Waals surface area contributed by atoms with Gasteiger partial charge in [0.1, 0.15) is 5.75 Å². The van der Waals surface area contributed by atoms with Crippen LogP contribution >= 0.6 is 0 Å². The second kappa shape index (κ2) is 6.76. The Kier molecular flexibility index (Phi) is 4.45. The molecule has 2 aromatic carbocycles. The van der Waals surface area contributed by atoms with E-state index < -0.39 is 0 Å². The smallest absolute Gasteiger partial charge is 0.258 e. The van der Waals surface area contributed by atoms with Crippen LogP contribution in [-0.4, -0.2) is 43.6 Å². The Balaban J connectivity index is 1.70. The fourth-order valence-corrected chi connectivity index (χ4v) is 4.35. The van der Waals surface area contributed by atoms with Crippen LogP contribution in [0.25, 0.3) is 0 Å². The lowest BCUT2D eigenvalue weighted by Gasteiger charge is -2.36. The van der Waals surface area contributed by atoms with E-state index in [1.165, 1.54) is 11.1 Å². The number of carbonyl (C=O) groups is 1. The summed E-state index contributed by atoms with van der Waals surface area (Å²) in [6, 6.07) is 14.3. The molecule has 4 nitrogen and oxygen atoms in total. The van der Waals surface area contributed by atoms with Crippen molar-refractivity contribution < 1.29 is 9.53 Å². The summed E-state index contributed by atoms with van der Waals surface area (Å²) in [4.78, 5) is 17.8. The van der Waals surface area contributed by atoms with E-state index in [1.807, 2.05) is 36.1 Å². The molecule has 4 heteroatoms. The van der Waals surface area contributed by atoms with Gasteiger partial charge < -0.3 is 14.5 Å². The van der Waals surface area contributed by atoms with Gasteiger partial charge in [0.25, 0.3) is 5.91 Å². The lowest BCUT2D eigenvalue weighted by atomic mass is 9.88. The van der Waals surface area contributed by atoms with Gasteiger partial charge in [0.05, 0.1) is 6.61 Å². The van der Waals surface area contributed by atoms with Gasteiger partial charge in [-0.3, -0.25) is 4.79 Å². The largest absolute Gasteiger partial charge is 0.494 e. The molecule has 0 spiro atoms. The Hall–Kier alpha value is -2.33. The normalized spacial score (nSPS) is 22.0. The van der Waals surface area contributed by atoms with Crippen LogP contribution in [0.3, 0.4) is 0 Å². The number of ether oxygens (including phenoxy) is 1. The average molecular weight is 350 g/mol. The van der Waals surface area contributed by atoms with Crippen LogP contribution in [0, 0.1) is 6.92 Å². The molecule has 1 amide bonds. The molecule has 2 atom stereocenters. The van der Waals surface area contributed by atoms with E-state index in [0.717, 1.165) is 36.5 Å².